The maximum atomic E-state index is 10.2. The third-order valence-corrected chi connectivity index (χ3v) is 2.04. The van der Waals surface area contributed by atoms with Crippen molar-refractivity contribution < 1.29 is 24.5 Å². The highest BCUT2D eigenvalue weighted by Gasteiger charge is 1.97. The van der Waals surface area contributed by atoms with E-state index in [1.807, 2.05) is 0 Å². The second-order valence-corrected chi connectivity index (χ2v) is 3.75. The standard InChI is InChI=1S/2C7H6O2.C2H6O/c2*8-7(9)6-4-2-1-3-5-6;1-3-2/h2*1-5H,(H,8,9);1-2H3. The molecule has 0 bridgehead atoms. The van der Waals surface area contributed by atoms with E-state index in [0.29, 0.717) is 11.1 Å². The molecule has 5 heteroatoms. The third kappa shape index (κ3) is 8.96. The minimum atomic E-state index is -0.879. The molecule has 0 atom stereocenters. The fourth-order valence-electron chi connectivity index (χ4n) is 1.16. The lowest BCUT2D eigenvalue weighted by Gasteiger charge is -1.88. The van der Waals surface area contributed by atoms with Crippen molar-refractivity contribution in [2.45, 2.75) is 0 Å². The van der Waals surface area contributed by atoms with Crippen LogP contribution in [0.15, 0.2) is 60.7 Å². The van der Waals surface area contributed by atoms with E-state index in [0.717, 1.165) is 0 Å². The molecule has 0 saturated heterocycles. The Morgan fingerprint density at radius 3 is 1.10 bits per heavy atom. The van der Waals surface area contributed by atoms with Crippen molar-refractivity contribution in [1.82, 2.24) is 0 Å². The summed E-state index contributed by atoms with van der Waals surface area (Å²) in [6.07, 6.45) is 0. The number of ether oxygens (including phenoxy) is 1. The Hall–Kier alpha value is -2.66. The van der Waals surface area contributed by atoms with Crippen LogP contribution < -0.4 is 0 Å². The summed E-state index contributed by atoms with van der Waals surface area (Å²) in [6.45, 7) is 0. The first-order valence-electron chi connectivity index (χ1n) is 5.99. The molecule has 21 heavy (non-hydrogen) atoms. The van der Waals surface area contributed by atoms with Crippen molar-refractivity contribution in [2.24, 2.45) is 0 Å². The third-order valence-electron chi connectivity index (χ3n) is 2.04. The predicted molar refractivity (Wildman–Crippen MR) is 79.7 cm³/mol. The monoisotopic (exact) mass is 290 g/mol. The van der Waals surface area contributed by atoms with Gasteiger partial charge in [0, 0.05) is 14.2 Å². The topological polar surface area (TPSA) is 83.8 Å². The highest BCUT2D eigenvalue weighted by Crippen LogP contribution is 1.96. The zero-order valence-corrected chi connectivity index (χ0v) is 11.9. The van der Waals surface area contributed by atoms with Crippen molar-refractivity contribution in [3.63, 3.8) is 0 Å². The number of carbonyl (C=O) groups is 2. The Balaban J connectivity index is 0.000000322. The molecule has 0 aliphatic rings. The number of benzene rings is 2. The molecule has 0 heterocycles. The molecule has 2 rings (SSSR count). The van der Waals surface area contributed by atoms with Crippen molar-refractivity contribution in [2.75, 3.05) is 14.2 Å². The molecular weight excluding hydrogens is 272 g/mol. The molecule has 0 spiro atoms. The molecule has 112 valence electrons. The number of carboxylic acid groups (broad SMARTS) is 2. The number of rotatable bonds is 2. The second-order valence-electron chi connectivity index (χ2n) is 3.75. The molecule has 0 aliphatic carbocycles. The summed E-state index contributed by atoms with van der Waals surface area (Å²) in [6, 6.07) is 16.6. The van der Waals surface area contributed by atoms with E-state index in [4.69, 9.17) is 10.2 Å². The lowest BCUT2D eigenvalue weighted by atomic mass is 10.2. The summed E-state index contributed by atoms with van der Waals surface area (Å²) in [7, 11) is 3.25. The normalized spacial score (nSPS) is 8.48. The van der Waals surface area contributed by atoms with Gasteiger partial charge in [0.2, 0.25) is 0 Å². The van der Waals surface area contributed by atoms with Gasteiger partial charge in [-0.15, -0.1) is 0 Å². The lowest BCUT2D eigenvalue weighted by molar-refractivity contribution is 0.0686. The maximum absolute atomic E-state index is 10.2. The van der Waals surface area contributed by atoms with Crippen LogP contribution in [0, 0.1) is 0 Å². The fourth-order valence-corrected chi connectivity index (χ4v) is 1.16. The second kappa shape index (κ2) is 11.2. The smallest absolute Gasteiger partial charge is 0.335 e. The Morgan fingerprint density at radius 2 is 0.952 bits per heavy atom. The van der Waals surface area contributed by atoms with Gasteiger partial charge < -0.3 is 14.9 Å². The highest BCUT2D eigenvalue weighted by molar-refractivity contribution is 5.87. The van der Waals surface area contributed by atoms with Crippen LogP contribution in [-0.4, -0.2) is 36.4 Å². The molecule has 0 amide bonds. The number of aromatic carboxylic acids is 2. The predicted octanol–water partition coefficient (Wildman–Crippen LogP) is 3.03. The van der Waals surface area contributed by atoms with E-state index in [9.17, 15) is 9.59 Å². The first-order valence-corrected chi connectivity index (χ1v) is 5.99. The molecule has 0 aromatic heterocycles. The van der Waals surface area contributed by atoms with Gasteiger partial charge >= 0.3 is 11.9 Å². The molecule has 2 aromatic rings. The largest absolute Gasteiger partial charge is 0.478 e. The number of hydrogen-bond donors (Lipinski definition) is 2. The zero-order valence-electron chi connectivity index (χ0n) is 11.9. The van der Waals surface area contributed by atoms with Gasteiger partial charge in [-0.1, -0.05) is 36.4 Å². The van der Waals surface area contributed by atoms with Crippen LogP contribution in [0.1, 0.15) is 20.7 Å². The number of hydrogen-bond acceptors (Lipinski definition) is 3. The fraction of sp³-hybridized carbons (Fsp3) is 0.125. The van der Waals surface area contributed by atoms with Gasteiger partial charge in [0.1, 0.15) is 0 Å². The Kier molecular flexibility index (Phi) is 9.77. The summed E-state index contributed by atoms with van der Waals surface area (Å²) in [5.41, 5.74) is 0.662. The van der Waals surface area contributed by atoms with Gasteiger partial charge in [-0.3, -0.25) is 0 Å². The molecule has 2 aromatic carbocycles. The van der Waals surface area contributed by atoms with Crippen molar-refractivity contribution in [3.8, 4) is 0 Å². The van der Waals surface area contributed by atoms with Crippen LogP contribution >= 0.6 is 0 Å². The van der Waals surface area contributed by atoms with Crippen molar-refractivity contribution >= 4 is 11.9 Å². The highest BCUT2D eigenvalue weighted by atomic mass is 16.4. The summed E-state index contributed by atoms with van der Waals surface area (Å²) < 4.78 is 4.25. The molecule has 0 fully saturated rings. The van der Waals surface area contributed by atoms with E-state index in [1.165, 1.54) is 0 Å². The van der Waals surface area contributed by atoms with Crippen LogP contribution in [0.25, 0.3) is 0 Å². The Bertz CT molecular complexity index is 473. The first-order chi connectivity index (χ1) is 10.0. The summed E-state index contributed by atoms with van der Waals surface area (Å²) >= 11 is 0. The maximum Gasteiger partial charge on any atom is 0.335 e. The quantitative estimate of drug-likeness (QED) is 0.888. The Morgan fingerprint density at radius 1 is 0.714 bits per heavy atom. The van der Waals surface area contributed by atoms with Crippen LogP contribution in [0.4, 0.5) is 0 Å². The molecule has 0 radical (unpaired) electrons. The van der Waals surface area contributed by atoms with Gasteiger partial charge in [-0.2, -0.15) is 0 Å². The average molecular weight is 290 g/mol. The van der Waals surface area contributed by atoms with Crippen LogP contribution in [0.3, 0.4) is 0 Å². The minimum Gasteiger partial charge on any atom is -0.478 e. The van der Waals surface area contributed by atoms with E-state index >= 15 is 0 Å². The van der Waals surface area contributed by atoms with Crippen molar-refractivity contribution in [3.05, 3.63) is 71.8 Å². The minimum absolute atomic E-state index is 0.331. The average Bonchev–Trinajstić information content (AvgIpc) is 2.50. The summed E-state index contributed by atoms with van der Waals surface area (Å²) in [5, 5.41) is 16.8. The number of methoxy groups -OCH3 is 1. The van der Waals surface area contributed by atoms with Gasteiger partial charge in [0.15, 0.2) is 0 Å². The number of carboxylic acids is 2. The van der Waals surface area contributed by atoms with Gasteiger partial charge in [-0.25, -0.2) is 9.59 Å². The molecule has 0 unspecified atom stereocenters. The molecule has 0 saturated carbocycles. The zero-order chi connectivity index (χ0) is 16.1. The molecule has 2 N–H and O–H groups in total. The Labute approximate surface area is 123 Å². The molecular formula is C16H18O5. The summed E-state index contributed by atoms with van der Waals surface area (Å²) in [4.78, 5) is 20.4. The van der Waals surface area contributed by atoms with E-state index < -0.39 is 11.9 Å². The van der Waals surface area contributed by atoms with E-state index in [1.54, 1.807) is 74.9 Å². The van der Waals surface area contributed by atoms with E-state index in [-0.39, 0.29) is 0 Å². The SMILES string of the molecule is COC.O=C(O)c1ccccc1.O=C(O)c1ccccc1. The molecule has 0 aliphatic heterocycles. The molecule has 5 nitrogen and oxygen atoms in total. The van der Waals surface area contributed by atoms with E-state index in [2.05, 4.69) is 4.74 Å². The van der Waals surface area contributed by atoms with Crippen LogP contribution in [0.5, 0.6) is 0 Å². The van der Waals surface area contributed by atoms with Gasteiger partial charge in [0.05, 0.1) is 11.1 Å². The summed E-state index contributed by atoms with van der Waals surface area (Å²) in [5.74, 6) is -1.76. The van der Waals surface area contributed by atoms with Gasteiger partial charge in [-0.05, 0) is 24.3 Å². The van der Waals surface area contributed by atoms with Crippen LogP contribution in [0.2, 0.25) is 0 Å². The van der Waals surface area contributed by atoms with Crippen molar-refractivity contribution in [1.29, 1.82) is 0 Å². The van der Waals surface area contributed by atoms with Gasteiger partial charge in [0.25, 0.3) is 0 Å². The first kappa shape index (κ1) is 18.3. The van der Waals surface area contributed by atoms with Crippen LogP contribution in [-0.2, 0) is 4.74 Å². The lowest BCUT2D eigenvalue weighted by Crippen LogP contribution is -1.93.